The van der Waals surface area contributed by atoms with Gasteiger partial charge in [0, 0.05) is 10.0 Å². The summed E-state index contributed by atoms with van der Waals surface area (Å²) in [6.45, 7) is 1.93. The van der Waals surface area contributed by atoms with Crippen molar-refractivity contribution < 1.29 is 14.0 Å². The lowest BCUT2D eigenvalue weighted by Gasteiger charge is -2.09. The van der Waals surface area contributed by atoms with Crippen molar-refractivity contribution in [2.45, 2.75) is 13.5 Å². The molecule has 0 saturated carbocycles. The third kappa shape index (κ3) is 5.04. The van der Waals surface area contributed by atoms with E-state index in [9.17, 15) is 9.59 Å². The highest BCUT2D eigenvalue weighted by atomic mass is 79.9. The number of pyridine rings is 1. The molecule has 1 aromatic carbocycles. The third-order valence-corrected chi connectivity index (χ3v) is 4.39. The lowest BCUT2D eigenvalue weighted by atomic mass is 10.1. The van der Waals surface area contributed by atoms with Crippen molar-refractivity contribution in [1.82, 2.24) is 15.6 Å². The van der Waals surface area contributed by atoms with Crippen LogP contribution in [-0.4, -0.2) is 23.3 Å². The number of hydrogen-bond acceptors (Lipinski definition) is 4. The number of carbonyl (C=O) groups excluding carboxylic acids is 2. The topological polar surface area (TPSA) is 84.2 Å². The van der Waals surface area contributed by atoms with Crippen LogP contribution in [0.1, 0.15) is 21.8 Å². The number of halogens is 1. The average molecular weight is 428 g/mol. The van der Waals surface area contributed by atoms with E-state index in [-0.39, 0.29) is 24.9 Å². The summed E-state index contributed by atoms with van der Waals surface area (Å²) in [7, 11) is 0. The first-order valence-corrected chi connectivity index (χ1v) is 9.13. The molecule has 0 aliphatic rings. The standard InChI is InChI=1S/C20H18BrN3O3/c1-13-17(7-8-18(24-13)14-4-2-5-15(21)10-14)20(26)23-12-19(25)22-11-16-6-3-9-27-16/h2-10H,11-12H2,1H3,(H,22,25)(H,23,26). The van der Waals surface area contributed by atoms with Gasteiger partial charge >= 0.3 is 0 Å². The fourth-order valence-corrected chi connectivity index (χ4v) is 2.93. The van der Waals surface area contributed by atoms with Crippen LogP contribution in [0, 0.1) is 6.92 Å². The average Bonchev–Trinajstić information content (AvgIpc) is 3.18. The molecule has 0 saturated heterocycles. The molecule has 6 nitrogen and oxygen atoms in total. The highest BCUT2D eigenvalue weighted by Crippen LogP contribution is 2.22. The molecule has 3 rings (SSSR count). The predicted octanol–water partition coefficient (Wildman–Crippen LogP) is 3.46. The second kappa shape index (κ2) is 8.64. The van der Waals surface area contributed by atoms with Crippen molar-refractivity contribution in [2.24, 2.45) is 0 Å². The molecule has 0 spiro atoms. The van der Waals surface area contributed by atoms with Gasteiger partial charge in [-0.2, -0.15) is 0 Å². The van der Waals surface area contributed by atoms with Crippen LogP contribution in [0.3, 0.4) is 0 Å². The summed E-state index contributed by atoms with van der Waals surface area (Å²) < 4.78 is 6.10. The number of furan rings is 1. The number of aromatic nitrogens is 1. The smallest absolute Gasteiger partial charge is 0.253 e. The minimum Gasteiger partial charge on any atom is -0.467 e. The predicted molar refractivity (Wildman–Crippen MR) is 105 cm³/mol. The number of nitrogens with zero attached hydrogens (tertiary/aromatic N) is 1. The number of amides is 2. The van der Waals surface area contributed by atoms with E-state index in [1.165, 1.54) is 6.26 Å². The van der Waals surface area contributed by atoms with E-state index < -0.39 is 0 Å². The van der Waals surface area contributed by atoms with Crippen LogP contribution in [0.5, 0.6) is 0 Å². The Morgan fingerprint density at radius 1 is 1.11 bits per heavy atom. The van der Waals surface area contributed by atoms with Gasteiger partial charge in [0.05, 0.1) is 36.3 Å². The molecule has 0 aliphatic heterocycles. The largest absolute Gasteiger partial charge is 0.467 e. The Kier molecular flexibility index (Phi) is 6.03. The monoisotopic (exact) mass is 427 g/mol. The molecule has 2 amide bonds. The van der Waals surface area contributed by atoms with Crippen molar-refractivity contribution in [3.63, 3.8) is 0 Å². The first-order valence-electron chi connectivity index (χ1n) is 8.34. The van der Waals surface area contributed by atoms with Crippen LogP contribution in [0.4, 0.5) is 0 Å². The quantitative estimate of drug-likeness (QED) is 0.630. The molecule has 0 fully saturated rings. The Morgan fingerprint density at radius 3 is 2.67 bits per heavy atom. The maximum Gasteiger partial charge on any atom is 0.253 e. The van der Waals surface area contributed by atoms with Crippen LogP contribution in [0.2, 0.25) is 0 Å². The number of aryl methyl sites for hydroxylation is 1. The van der Waals surface area contributed by atoms with Gasteiger partial charge in [-0.05, 0) is 43.3 Å². The maximum atomic E-state index is 12.3. The molecule has 0 radical (unpaired) electrons. The molecular weight excluding hydrogens is 410 g/mol. The molecule has 2 N–H and O–H groups in total. The molecule has 2 aromatic heterocycles. The highest BCUT2D eigenvalue weighted by Gasteiger charge is 2.13. The van der Waals surface area contributed by atoms with E-state index in [0.717, 1.165) is 15.7 Å². The second-order valence-corrected chi connectivity index (χ2v) is 6.79. The zero-order valence-electron chi connectivity index (χ0n) is 14.7. The number of nitrogens with one attached hydrogen (secondary N) is 2. The zero-order valence-corrected chi connectivity index (χ0v) is 16.2. The van der Waals surface area contributed by atoms with Crippen molar-refractivity contribution in [3.05, 3.63) is 76.3 Å². The van der Waals surface area contributed by atoms with E-state index in [1.807, 2.05) is 24.3 Å². The van der Waals surface area contributed by atoms with Gasteiger partial charge in [-0.15, -0.1) is 0 Å². The Hall–Kier alpha value is -2.93. The first kappa shape index (κ1) is 18.8. The zero-order chi connectivity index (χ0) is 19.2. The van der Waals surface area contributed by atoms with Crippen molar-refractivity contribution in [3.8, 4) is 11.3 Å². The number of rotatable bonds is 6. The molecule has 7 heteroatoms. The second-order valence-electron chi connectivity index (χ2n) is 5.88. The van der Waals surface area contributed by atoms with Crippen molar-refractivity contribution >= 4 is 27.7 Å². The number of benzene rings is 1. The lowest BCUT2D eigenvalue weighted by molar-refractivity contribution is -0.120. The van der Waals surface area contributed by atoms with Gasteiger partial charge in [0.25, 0.3) is 5.91 Å². The number of carbonyl (C=O) groups is 2. The third-order valence-electron chi connectivity index (χ3n) is 3.90. The van der Waals surface area contributed by atoms with Gasteiger partial charge in [-0.3, -0.25) is 14.6 Å². The maximum absolute atomic E-state index is 12.3. The minimum absolute atomic E-state index is 0.119. The van der Waals surface area contributed by atoms with Crippen LogP contribution in [-0.2, 0) is 11.3 Å². The summed E-state index contributed by atoms with van der Waals surface area (Å²) in [6, 6.07) is 14.8. The summed E-state index contributed by atoms with van der Waals surface area (Å²) >= 11 is 3.44. The fraction of sp³-hybridized carbons (Fsp3) is 0.150. The number of hydrogen-bond donors (Lipinski definition) is 2. The van der Waals surface area contributed by atoms with Crippen LogP contribution >= 0.6 is 15.9 Å². The Bertz CT molecular complexity index is 955. The summed E-state index contributed by atoms with van der Waals surface area (Å²) in [5.74, 6) is 0.0166. The first-order chi connectivity index (χ1) is 13.0. The minimum atomic E-state index is -0.339. The van der Waals surface area contributed by atoms with E-state index in [0.29, 0.717) is 17.0 Å². The van der Waals surface area contributed by atoms with E-state index >= 15 is 0 Å². The molecule has 3 aromatic rings. The molecule has 2 heterocycles. The van der Waals surface area contributed by atoms with Gasteiger partial charge < -0.3 is 15.1 Å². The van der Waals surface area contributed by atoms with Crippen LogP contribution in [0.15, 0.2) is 63.7 Å². The van der Waals surface area contributed by atoms with Crippen LogP contribution < -0.4 is 10.6 Å². The molecule has 0 unspecified atom stereocenters. The Morgan fingerprint density at radius 2 is 1.96 bits per heavy atom. The van der Waals surface area contributed by atoms with Gasteiger partial charge in [0.15, 0.2) is 0 Å². The summed E-state index contributed by atoms with van der Waals surface area (Å²) in [5, 5.41) is 5.28. The molecule has 0 atom stereocenters. The Balaban J connectivity index is 1.59. The SMILES string of the molecule is Cc1nc(-c2cccc(Br)c2)ccc1C(=O)NCC(=O)NCc1ccco1. The normalized spacial score (nSPS) is 10.4. The van der Waals surface area contributed by atoms with Gasteiger partial charge in [-0.25, -0.2) is 0 Å². The summed E-state index contributed by atoms with van der Waals surface area (Å²) in [4.78, 5) is 28.7. The van der Waals surface area contributed by atoms with Gasteiger partial charge in [0.1, 0.15) is 5.76 Å². The van der Waals surface area contributed by atoms with Gasteiger partial charge in [0.2, 0.25) is 5.91 Å². The Labute approximate surface area is 165 Å². The van der Waals surface area contributed by atoms with Gasteiger partial charge in [-0.1, -0.05) is 28.1 Å². The fourth-order valence-electron chi connectivity index (χ4n) is 2.53. The van der Waals surface area contributed by atoms with Crippen molar-refractivity contribution in [1.29, 1.82) is 0 Å². The van der Waals surface area contributed by atoms with Crippen LogP contribution in [0.25, 0.3) is 11.3 Å². The molecular formula is C20H18BrN3O3. The molecule has 27 heavy (non-hydrogen) atoms. The van der Waals surface area contributed by atoms with E-state index in [4.69, 9.17) is 4.42 Å². The molecule has 138 valence electrons. The van der Waals surface area contributed by atoms with E-state index in [1.54, 1.807) is 31.2 Å². The summed E-state index contributed by atoms with van der Waals surface area (Å²) in [6.07, 6.45) is 1.54. The van der Waals surface area contributed by atoms with E-state index in [2.05, 4.69) is 31.5 Å². The molecule has 0 bridgehead atoms. The summed E-state index contributed by atoms with van der Waals surface area (Å²) in [5.41, 5.74) is 2.77. The molecule has 0 aliphatic carbocycles. The lowest BCUT2D eigenvalue weighted by Crippen LogP contribution is -2.36. The highest BCUT2D eigenvalue weighted by molar-refractivity contribution is 9.10. The van der Waals surface area contributed by atoms with Crippen molar-refractivity contribution in [2.75, 3.05) is 6.54 Å².